The van der Waals surface area contributed by atoms with Gasteiger partial charge in [0.1, 0.15) is 73.2 Å². The number of rotatable bonds is 29. The first-order valence-corrected chi connectivity index (χ1v) is 32.5. The van der Waals surface area contributed by atoms with Crippen molar-refractivity contribution in [3.05, 3.63) is 143 Å². The van der Waals surface area contributed by atoms with E-state index in [2.05, 4.69) is 48.1 Å². The number of phenols is 3. The molecule has 9 aromatic rings. The highest BCUT2D eigenvalue weighted by Gasteiger charge is 2.32. The van der Waals surface area contributed by atoms with Crippen molar-refractivity contribution in [2.75, 3.05) is 39.6 Å². The van der Waals surface area contributed by atoms with Gasteiger partial charge >= 0.3 is 0 Å². The predicted molar refractivity (Wildman–Crippen MR) is 362 cm³/mol. The number of phenolic OH excluding ortho intramolecular Hbond substituents is 3. The van der Waals surface area contributed by atoms with Crippen LogP contribution in [0.25, 0.3) is 50.2 Å². The second kappa shape index (κ2) is 29.1. The van der Waals surface area contributed by atoms with Gasteiger partial charge in [-0.05, 0) is 133 Å². The first-order chi connectivity index (χ1) is 44.1. The molecule has 93 heavy (non-hydrogen) atoms. The number of aromatic nitrogens is 9. The molecule has 0 saturated carbocycles. The lowest BCUT2D eigenvalue weighted by Crippen LogP contribution is -2.42. The molecular formula is C73H93N11O9. The van der Waals surface area contributed by atoms with E-state index in [-0.39, 0.29) is 98.7 Å². The van der Waals surface area contributed by atoms with Crippen LogP contribution in [0.4, 0.5) is 0 Å². The molecule has 0 radical (unpaired) electrons. The van der Waals surface area contributed by atoms with Gasteiger partial charge in [0, 0.05) is 66.5 Å². The quantitative estimate of drug-likeness (QED) is 0.0292. The van der Waals surface area contributed by atoms with Gasteiger partial charge in [0.15, 0.2) is 0 Å². The summed E-state index contributed by atoms with van der Waals surface area (Å²) in [5, 5.41) is 68.5. The number of benzene rings is 6. The van der Waals surface area contributed by atoms with Crippen molar-refractivity contribution in [1.82, 2.24) is 55.6 Å². The number of ether oxygens (including phenoxy) is 3. The van der Waals surface area contributed by atoms with E-state index in [0.717, 1.165) is 33.4 Å². The van der Waals surface area contributed by atoms with Gasteiger partial charge < -0.3 is 40.2 Å². The third-order valence-corrected chi connectivity index (χ3v) is 16.9. The minimum atomic E-state index is -0.638. The maximum Gasteiger partial charge on any atom is 0.220 e. The molecule has 3 aromatic heterocycles. The zero-order valence-electron chi connectivity index (χ0n) is 56.3. The summed E-state index contributed by atoms with van der Waals surface area (Å²) < 4.78 is 19.4. The van der Waals surface area contributed by atoms with Crippen LogP contribution in [0.2, 0.25) is 0 Å². The van der Waals surface area contributed by atoms with E-state index in [1.54, 1.807) is 0 Å². The summed E-state index contributed by atoms with van der Waals surface area (Å²) in [6, 6.07) is 33.3. The van der Waals surface area contributed by atoms with E-state index in [9.17, 15) is 29.7 Å². The molecule has 2 amide bonds. The summed E-state index contributed by atoms with van der Waals surface area (Å²) in [7, 11) is 0. The molecule has 20 heteroatoms. The largest absolute Gasteiger partial charge is 0.505 e. The Morgan fingerprint density at radius 2 is 0.742 bits per heavy atom. The van der Waals surface area contributed by atoms with Crippen molar-refractivity contribution in [2.24, 2.45) is 11.3 Å². The van der Waals surface area contributed by atoms with Crippen LogP contribution in [0, 0.1) is 11.3 Å². The first kappa shape index (κ1) is 68.8. The highest BCUT2D eigenvalue weighted by molar-refractivity contribution is 5.80. The van der Waals surface area contributed by atoms with Crippen molar-refractivity contribution < 1.29 is 43.9 Å². The van der Waals surface area contributed by atoms with E-state index in [1.165, 1.54) is 14.4 Å². The molecule has 20 nitrogen and oxygen atoms in total. The summed E-state index contributed by atoms with van der Waals surface area (Å²) in [5.74, 6) is -0.0297. The number of aryl methyl sites for hydroxylation is 3. The maximum atomic E-state index is 13.7. The highest BCUT2D eigenvalue weighted by atomic mass is 16.5. The molecule has 3 heterocycles. The number of nitrogens with zero attached hydrogens (tertiary/aromatic N) is 9. The summed E-state index contributed by atoms with van der Waals surface area (Å²) in [6.07, 6.45) is 2.89. The highest BCUT2D eigenvalue weighted by Crippen LogP contribution is 2.40. The van der Waals surface area contributed by atoms with E-state index >= 15 is 0 Å². The van der Waals surface area contributed by atoms with E-state index in [4.69, 9.17) is 14.2 Å². The Bertz CT molecular complexity index is 3580. The zero-order valence-corrected chi connectivity index (χ0v) is 56.3. The van der Waals surface area contributed by atoms with Crippen LogP contribution in [0.3, 0.4) is 0 Å². The number of amides is 2. The molecule has 3 atom stereocenters. The third kappa shape index (κ3) is 17.6. The molecule has 494 valence electrons. The Balaban J connectivity index is 0.814. The van der Waals surface area contributed by atoms with Gasteiger partial charge in [-0.15, -0.1) is 45.0 Å². The Labute approximate surface area is 545 Å². The van der Waals surface area contributed by atoms with Gasteiger partial charge in [-0.1, -0.05) is 131 Å². The summed E-state index contributed by atoms with van der Waals surface area (Å²) in [5.41, 5.74) is 8.55. The average Bonchev–Trinajstić information content (AvgIpc) is 1.78. The maximum absolute atomic E-state index is 13.7. The molecule has 0 aliphatic heterocycles. The summed E-state index contributed by atoms with van der Waals surface area (Å²) >= 11 is 0. The minimum absolute atomic E-state index is 0.0899. The van der Waals surface area contributed by atoms with Crippen molar-refractivity contribution in [3.63, 3.8) is 0 Å². The average molecular weight is 1270 g/mol. The molecule has 0 aliphatic rings. The lowest BCUT2D eigenvalue weighted by atomic mass is 9.84. The number of carbonyl (C=O) groups excluding carboxylic acids is 3. The Morgan fingerprint density at radius 1 is 0.452 bits per heavy atom. The standard InChI is InChI=1S/C73H93N11O9/c1-14-73(43-91-40-46(2)33-52(85)30-27-49-34-53(70(5,6)7)67(88)62(37-49)82-76-56-21-15-16-22-57(56)77-82,44-92-41-47(3)74-65(86)31-28-50-35-54(71(8,9)10)68(89)63(38-50)83-78-58-23-17-18-24-59(58)79-83)45-93-42-48(4)75-66(87)32-29-51-36-55(72(11,12)13)69(90)64(39-51)84-80-60-25-19-20-26-61(60)81-84/h15-26,34-39,46-48,88-90H,14,27-33,40-45H2,1-13H3,(H,74,86)(H,75,87). The normalized spacial score (nSPS) is 13.9. The number of hydrogen-bond acceptors (Lipinski definition) is 15. The number of ketones is 1. The monoisotopic (exact) mass is 1270 g/mol. The molecule has 0 saturated heterocycles. The second-order valence-corrected chi connectivity index (χ2v) is 28.4. The fourth-order valence-electron chi connectivity index (χ4n) is 11.5. The Morgan fingerprint density at radius 3 is 1.03 bits per heavy atom. The first-order valence-electron chi connectivity index (χ1n) is 32.5. The lowest BCUT2D eigenvalue weighted by molar-refractivity contribution is -0.122. The van der Waals surface area contributed by atoms with Crippen molar-refractivity contribution in [2.45, 2.75) is 170 Å². The lowest BCUT2D eigenvalue weighted by Gasteiger charge is -2.33. The number of aromatic hydroxyl groups is 3. The second-order valence-electron chi connectivity index (χ2n) is 28.4. The molecule has 6 aromatic carbocycles. The van der Waals surface area contributed by atoms with Crippen molar-refractivity contribution in [3.8, 4) is 34.3 Å². The van der Waals surface area contributed by atoms with Crippen molar-refractivity contribution >= 4 is 50.7 Å². The molecule has 5 N–H and O–H groups in total. The zero-order chi connectivity index (χ0) is 67.0. The van der Waals surface area contributed by atoms with Crippen molar-refractivity contribution in [1.29, 1.82) is 0 Å². The molecular weight excluding hydrogens is 1170 g/mol. The number of Topliss-reactive ketones (excluding diaryl/α,β-unsaturated/α-hetero) is 1. The number of fused-ring (bicyclic) bond motifs is 3. The number of nitrogens with one attached hydrogen (secondary N) is 2. The molecule has 0 bridgehead atoms. The van der Waals surface area contributed by atoms with Crippen LogP contribution in [-0.2, 0) is 64.1 Å². The molecule has 0 fully saturated rings. The van der Waals surface area contributed by atoms with Gasteiger partial charge in [0.2, 0.25) is 11.8 Å². The predicted octanol–water partition coefficient (Wildman–Crippen LogP) is 12.1. The fourth-order valence-corrected chi connectivity index (χ4v) is 11.5. The molecule has 9 rings (SSSR count). The smallest absolute Gasteiger partial charge is 0.220 e. The Kier molecular flexibility index (Phi) is 21.6. The topological polar surface area (TPSA) is 256 Å². The van der Waals surface area contributed by atoms with E-state index in [0.29, 0.717) is 95.3 Å². The SMILES string of the molecule is CCC(COCC(C)CC(=O)CCc1cc(-n2nc3ccccc3n2)c(O)c(C(C)(C)C)c1)(COCC(C)NC(=O)CCc1cc(-n2nc3ccccc3n2)c(O)c(C(C)(C)C)c1)COCC(C)NC(=O)CCc1cc(-n2nc3ccccc3n2)c(O)c(C(C)(C)C)c1. The van der Waals surface area contributed by atoms with Gasteiger partial charge in [-0.3, -0.25) is 14.4 Å². The Hall–Kier alpha value is -8.59. The minimum Gasteiger partial charge on any atom is -0.505 e. The van der Waals surface area contributed by atoms with Crippen LogP contribution in [0.15, 0.2) is 109 Å². The van der Waals surface area contributed by atoms with Gasteiger partial charge in [0.05, 0.1) is 33.0 Å². The van der Waals surface area contributed by atoms with E-state index < -0.39 is 21.7 Å². The van der Waals surface area contributed by atoms with Crippen LogP contribution in [-0.4, -0.2) is 130 Å². The van der Waals surface area contributed by atoms with Gasteiger partial charge in [-0.25, -0.2) is 0 Å². The fraction of sp³-hybridized carbons (Fsp3) is 0.466. The summed E-state index contributed by atoms with van der Waals surface area (Å²) in [6.45, 7) is 27.6. The summed E-state index contributed by atoms with van der Waals surface area (Å²) in [4.78, 5) is 45.3. The van der Waals surface area contributed by atoms with E-state index in [1.807, 2.05) is 192 Å². The number of hydrogen-bond donors (Lipinski definition) is 5. The molecule has 3 unspecified atom stereocenters. The van der Waals surface area contributed by atoms with Crippen LogP contribution in [0.1, 0.15) is 155 Å². The van der Waals surface area contributed by atoms with Crippen LogP contribution in [0.5, 0.6) is 17.2 Å². The number of carbonyl (C=O) groups is 3. The van der Waals surface area contributed by atoms with Crippen LogP contribution < -0.4 is 10.6 Å². The third-order valence-electron chi connectivity index (χ3n) is 16.9. The van der Waals surface area contributed by atoms with Crippen LogP contribution >= 0.6 is 0 Å². The molecule has 0 aliphatic carbocycles. The van der Waals surface area contributed by atoms with Gasteiger partial charge in [0.25, 0.3) is 0 Å². The molecule has 0 spiro atoms. The van der Waals surface area contributed by atoms with Gasteiger partial charge in [-0.2, -0.15) is 0 Å².